The number of epoxide rings is 1. The number of ether oxygens (including phenoxy) is 2. The number of carbonyl (C=O) groups excluding carboxylic acids is 4. The Morgan fingerprint density at radius 3 is 2.24 bits per heavy atom. The van der Waals surface area contributed by atoms with E-state index < -0.39 is 41.6 Å². The maximum atomic E-state index is 13.9. The molecular weight excluding hydrogens is 576 g/mol. The molecule has 3 amide bonds. The van der Waals surface area contributed by atoms with Gasteiger partial charge in [0, 0.05) is 23.5 Å². The Bertz CT molecular complexity index is 1660. The van der Waals surface area contributed by atoms with E-state index in [0.29, 0.717) is 0 Å². The number of nitrogens with one attached hydrogen (secondary N) is 4. The van der Waals surface area contributed by atoms with Crippen LogP contribution in [0.15, 0.2) is 85.1 Å². The molecule has 5 N–H and O–H groups in total. The van der Waals surface area contributed by atoms with Crippen LogP contribution in [0.2, 0.25) is 0 Å². The zero-order chi connectivity index (χ0) is 32.0. The van der Waals surface area contributed by atoms with E-state index in [4.69, 9.17) is 9.47 Å². The highest BCUT2D eigenvalue weighted by Crippen LogP contribution is 2.29. The van der Waals surface area contributed by atoms with Crippen molar-refractivity contribution in [2.45, 2.75) is 57.0 Å². The van der Waals surface area contributed by atoms with Crippen LogP contribution in [0, 0.1) is 0 Å². The van der Waals surface area contributed by atoms with Gasteiger partial charge >= 0.3 is 6.09 Å². The molecule has 4 atom stereocenters. The number of rotatable bonds is 13. The average Bonchev–Trinajstić information content (AvgIpc) is 3.67. The van der Waals surface area contributed by atoms with Gasteiger partial charge < -0.3 is 35.5 Å². The van der Waals surface area contributed by atoms with Crippen molar-refractivity contribution in [2.24, 2.45) is 0 Å². The van der Waals surface area contributed by atoms with Crippen molar-refractivity contribution < 1.29 is 33.8 Å². The van der Waals surface area contributed by atoms with Crippen LogP contribution in [-0.2, 0) is 43.3 Å². The quantitative estimate of drug-likeness (QED) is 0.145. The number of aromatic amines is 1. The number of carbonyl (C=O) groups is 4. The number of fused-ring (bicyclic) bond motifs is 1. The molecule has 234 valence electrons. The lowest BCUT2D eigenvalue weighted by Gasteiger charge is -2.25. The summed E-state index contributed by atoms with van der Waals surface area (Å²) in [5.41, 5.74) is 2.16. The summed E-state index contributed by atoms with van der Waals surface area (Å²) in [5.74, 6) is -1.40. The van der Waals surface area contributed by atoms with E-state index in [0.717, 1.165) is 27.6 Å². The highest BCUT2D eigenvalue weighted by molar-refractivity contribution is 5.98. The van der Waals surface area contributed by atoms with Gasteiger partial charge in [0.05, 0.1) is 12.6 Å². The standard InChI is InChI=1S/C34H36N4O7/c1-21(36-33(43)44-19-23-8-4-3-5-9-23)31(41)38-29(17-24-18-35-27-11-7-6-10-26(24)27)32(42)37-28(30(40)34(2)20-45-34)16-22-12-14-25(39)15-13-22/h3-15,18,21,28-29,35,39H,16-17,19-20H2,1-2H3,(H,36,43)(H,37,42)(H,38,41)/t21-,28-,29-,34+/m0/s1. The van der Waals surface area contributed by atoms with Crippen LogP contribution in [0.5, 0.6) is 5.75 Å². The molecule has 0 saturated carbocycles. The Morgan fingerprint density at radius 1 is 0.867 bits per heavy atom. The van der Waals surface area contributed by atoms with Crippen molar-refractivity contribution in [3.05, 3.63) is 102 Å². The van der Waals surface area contributed by atoms with Crippen LogP contribution in [-0.4, -0.2) is 64.1 Å². The highest BCUT2D eigenvalue weighted by atomic mass is 16.6. The zero-order valence-corrected chi connectivity index (χ0v) is 25.0. The molecule has 11 heteroatoms. The molecule has 5 rings (SSSR count). The fraction of sp³-hybridized carbons (Fsp3) is 0.294. The van der Waals surface area contributed by atoms with E-state index in [9.17, 15) is 24.3 Å². The molecule has 1 aromatic heterocycles. The molecule has 1 saturated heterocycles. The molecule has 45 heavy (non-hydrogen) atoms. The number of phenolic OH excluding ortho intramolecular Hbond substituents is 1. The van der Waals surface area contributed by atoms with Crippen LogP contribution in [0.3, 0.4) is 0 Å². The van der Waals surface area contributed by atoms with Crippen LogP contribution in [0.1, 0.15) is 30.5 Å². The molecular formula is C34H36N4O7. The highest BCUT2D eigenvalue weighted by Gasteiger charge is 2.50. The lowest BCUT2D eigenvalue weighted by Crippen LogP contribution is -2.57. The van der Waals surface area contributed by atoms with Gasteiger partial charge in [0.25, 0.3) is 0 Å². The SMILES string of the molecule is C[C@H](NC(=O)OCc1ccccc1)C(=O)N[C@@H](Cc1c[nH]c2ccccc12)C(=O)N[C@@H](Cc1ccc(O)cc1)C(=O)[C@@]1(C)CO1. The number of H-pyrrole nitrogens is 1. The van der Waals surface area contributed by atoms with Crippen LogP contribution in [0.25, 0.3) is 10.9 Å². The van der Waals surface area contributed by atoms with Gasteiger partial charge in [0.2, 0.25) is 11.8 Å². The van der Waals surface area contributed by atoms with Crippen molar-refractivity contribution in [1.29, 1.82) is 0 Å². The molecule has 2 heterocycles. The van der Waals surface area contributed by atoms with E-state index in [-0.39, 0.29) is 37.6 Å². The fourth-order valence-electron chi connectivity index (χ4n) is 5.00. The minimum atomic E-state index is -1.09. The van der Waals surface area contributed by atoms with Crippen LogP contribution < -0.4 is 16.0 Å². The number of hydrogen-bond acceptors (Lipinski definition) is 7. The van der Waals surface area contributed by atoms with E-state index >= 15 is 0 Å². The van der Waals surface area contributed by atoms with Crippen molar-refractivity contribution in [3.8, 4) is 5.75 Å². The summed E-state index contributed by atoms with van der Waals surface area (Å²) in [7, 11) is 0. The van der Waals surface area contributed by atoms with Gasteiger partial charge in [0.15, 0.2) is 5.78 Å². The van der Waals surface area contributed by atoms with Crippen molar-refractivity contribution >= 4 is 34.6 Å². The Hall–Kier alpha value is -5.16. The normalized spacial score (nSPS) is 17.5. The molecule has 1 fully saturated rings. The van der Waals surface area contributed by atoms with E-state index in [1.54, 1.807) is 25.3 Å². The smallest absolute Gasteiger partial charge is 0.408 e. The Kier molecular flexibility index (Phi) is 9.48. The monoisotopic (exact) mass is 612 g/mol. The first-order chi connectivity index (χ1) is 21.6. The van der Waals surface area contributed by atoms with E-state index in [1.165, 1.54) is 19.1 Å². The summed E-state index contributed by atoms with van der Waals surface area (Å²) in [6.07, 6.45) is 1.26. The molecule has 1 aliphatic heterocycles. The van der Waals surface area contributed by atoms with Gasteiger partial charge in [-0.15, -0.1) is 0 Å². The maximum absolute atomic E-state index is 13.9. The third kappa shape index (κ3) is 8.07. The van der Waals surface area contributed by atoms with Crippen LogP contribution >= 0.6 is 0 Å². The summed E-state index contributed by atoms with van der Waals surface area (Å²) in [6.45, 7) is 3.43. The Balaban J connectivity index is 1.31. The topological polar surface area (TPSA) is 162 Å². The fourth-order valence-corrected chi connectivity index (χ4v) is 5.00. The number of hydrogen-bond donors (Lipinski definition) is 5. The predicted octanol–water partition coefficient (Wildman–Crippen LogP) is 3.30. The number of benzene rings is 3. The largest absolute Gasteiger partial charge is 0.508 e. The lowest BCUT2D eigenvalue weighted by atomic mass is 9.94. The minimum Gasteiger partial charge on any atom is -0.508 e. The second kappa shape index (κ2) is 13.6. The number of phenols is 1. The second-order valence-corrected chi connectivity index (χ2v) is 11.4. The lowest BCUT2D eigenvalue weighted by molar-refractivity contribution is -0.133. The van der Waals surface area contributed by atoms with Crippen molar-refractivity contribution in [3.63, 3.8) is 0 Å². The number of Topliss-reactive ketones (excluding diaryl/α,β-unsaturated/α-hetero) is 1. The summed E-state index contributed by atoms with van der Waals surface area (Å²) in [5, 5.41) is 18.7. The maximum Gasteiger partial charge on any atom is 0.408 e. The molecule has 3 aromatic carbocycles. The first-order valence-electron chi connectivity index (χ1n) is 14.7. The zero-order valence-electron chi connectivity index (χ0n) is 25.0. The number of aromatic hydroxyl groups is 1. The Labute approximate surface area is 260 Å². The molecule has 0 radical (unpaired) electrons. The first-order valence-corrected chi connectivity index (χ1v) is 14.7. The summed E-state index contributed by atoms with van der Waals surface area (Å²) in [6, 6.07) is 20.0. The third-order valence-corrected chi connectivity index (χ3v) is 7.78. The number of aromatic nitrogens is 1. The van der Waals surface area contributed by atoms with Gasteiger partial charge in [-0.05, 0) is 55.2 Å². The van der Waals surface area contributed by atoms with Crippen LogP contribution in [0.4, 0.5) is 4.79 Å². The molecule has 0 spiro atoms. The number of para-hydroxylation sites is 1. The molecule has 0 aliphatic carbocycles. The van der Waals surface area contributed by atoms with E-state index in [1.807, 2.05) is 54.6 Å². The van der Waals surface area contributed by atoms with Crippen molar-refractivity contribution in [2.75, 3.05) is 6.61 Å². The summed E-state index contributed by atoms with van der Waals surface area (Å²) < 4.78 is 10.6. The van der Waals surface area contributed by atoms with E-state index in [2.05, 4.69) is 20.9 Å². The van der Waals surface area contributed by atoms with Crippen molar-refractivity contribution in [1.82, 2.24) is 20.9 Å². The number of alkyl carbamates (subject to hydrolysis) is 1. The third-order valence-electron chi connectivity index (χ3n) is 7.78. The second-order valence-electron chi connectivity index (χ2n) is 11.4. The van der Waals surface area contributed by atoms with Gasteiger partial charge in [-0.3, -0.25) is 14.4 Å². The number of amides is 3. The van der Waals surface area contributed by atoms with Gasteiger partial charge in [0.1, 0.15) is 30.0 Å². The average molecular weight is 613 g/mol. The summed E-state index contributed by atoms with van der Waals surface area (Å²) >= 11 is 0. The molecule has 1 aliphatic rings. The molecule has 4 aromatic rings. The summed E-state index contributed by atoms with van der Waals surface area (Å²) in [4.78, 5) is 56.2. The molecule has 0 unspecified atom stereocenters. The predicted molar refractivity (Wildman–Crippen MR) is 166 cm³/mol. The number of ketones is 1. The Morgan fingerprint density at radius 2 is 1.53 bits per heavy atom. The molecule has 0 bridgehead atoms. The molecule has 11 nitrogen and oxygen atoms in total. The minimum absolute atomic E-state index is 0.0334. The van der Waals surface area contributed by atoms with Gasteiger partial charge in [-0.1, -0.05) is 60.7 Å². The van der Waals surface area contributed by atoms with Gasteiger partial charge in [-0.25, -0.2) is 4.79 Å². The van der Waals surface area contributed by atoms with Gasteiger partial charge in [-0.2, -0.15) is 0 Å². The first kappa shape index (κ1) is 31.3.